The van der Waals surface area contributed by atoms with Crippen molar-refractivity contribution in [3.63, 3.8) is 0 Å². The number of hydrogen-bond donors (Lipinski definition) is 0. The summed E-state index contributed by atoms with van der Waals surface area (Å²) in [6, 6.07) is 16.2. The lowest BCUT2D eigenvalue weighted by molar-refractivity contribution is -0.137. The second kappa shape index (κ2) is 7.90. The first-order valence-electron chi connectivity index (χ1n) is 10.0. The number of unbranched alkanes of at least 4 members (excludes halogenated alkanes) is 3. The van der Waals surface area contributed by atoms with E-state index in [4.69, 9.17) is 0 Å². The van der Waals surface area contributed by atoms with Crippen LogP contribution in [-0.4, -0.2) is 9.55 Å². The van der Waals surface area contributed by atoms with E-state index in [1.807, 2.05) is 30.3 Å². The molecule has 2 aromatic carbocycles. The minimum absolute atomic E-state index is 0.335. The van der Waals surface area contributed by atoms with Crippen molar-refractivity contribution >= 4 is 21.8 Å². The predicted octanol–water partition coefficient (Wildman–Crippen LogP) is 7.46. The summed E-state index contributed by atoms with van der Waals surface area (Å²) in [5, 5.41) is 2.17. The Balaban J connectivity index is 1.80. The smallest absolute Gasteiger partial charge is 0.340 e. The van der Waals surface area contributed by atoms with E-state index in [0.717, 1.165) is 46.9 Å². The highest BCUT2D eigenvalue weighted by Crippen LogP contribution is 2.34. The predicted molar refractivity (Wildman–Crippen MR) is 112 cm³/mol. The number of para-hydroxylation sites is 1. The van der Waals surface area contributed by atoms with Crippen LogP contribution in [0.4, 0.5) is 13.2 Å². The first-order valence-corrected chi connectivity index (χ1v) is 10.0. The molecule has 2 nitrogen and oxygen atoms in total. The number of pyridine rings is 1. The van der Waals surface area contributed by atoms with Crippen molar-refractivity contribution in [1.29, 1.82) is 0 Å². The van der Waals surface area contributed by atoms with E-state index < -0.39 is 11.7 Å². The number of benzene rings is 2. The summed E-state index contributed by atoms with van der Waals surface area (Å²) in [7, 11) is 0. The summed E-state index contributed by atoms with van der Waals surface area (Å²) in [5.74, 6) is 0. The average Bonchev–Trinajstić information content (AvgIpc) is 3.04. The highest BCUT2D eigenvalue weighted by Gasteiger charge is 2.30. The van der Waals surface area contributed by atoms with Gasteiger partial charge in [0.25, 0.3) is 0 Å². The minimum Gasteiger partial charge on any atom is -0.340 e. The molecule has 4 aromatic rings. The third kappa shape index (κ3) is 3.86. The van der Waals surface area contributed by atoms with Gasteiger partial charge >= 0.3 is 6.18 Å². The van der Waals surface area contributed by atoms with Crippen LogP contribution in [0.15, 0.2) is 60.8 Å². The number of alkyl halides is 3. The van der Waals surface area contributed by atoms with Gasteiger partial charge in [0.05, 0.1) is 11.3 Å². The van der Waals surface area contributed by atoms with Gasteiger partial charge in [0.1, 0.15) is 0 Å². The van der Waals surface area contributed by atoms with E-state index in [0.29, 0.717) is 11.3 Å². The SMILES string of the molecule is CCCCCCn1c2ccccc2c2cc(-c3cc(C(F)(F)F)ccn3)ccc21. The fourth-order valence-electron chi connectivity index (χ4n) is 3.92. The third-order valence-corrected chi connectivity index (χ3v) is 5.39. The first-order chi connectivity index (χ1) is 14.0. The molecule has 0 unspecified atom stereocenters. The lowest BCUT2D eigenvalue weighted by atomic mass is 10.1. The number of hydrogen-bond acceptors (Lipinski definition) is 1. The Morgan fingerprint density at radius 3 is 2.45 bits per heavy atom. The summed E-state index contributed by atoms with van der Waals surface area (Å²) in [6.07, 6.45) is 1.56. The summed E-state index contributed by atoms with van der Waals surface area (Å²) in [4.78, 5) is 4.18. The summed E-state index contributed by atoms with van der Waals surface area (Å²) in [5.41, 5.74) is 2.62. The van der Waals surface area contributed by atoms with Gasteiger partial charge in [-0.25, -0.2) is 0 Å². The van der Waals surface area contributed by atoms with Crippen LogP contribution in [0.5, 0.6) is 0 Å². The maximum Gasteiger partial charge on any atom is 0.416 e. The van der Waals surface area contributed by atoms with E-state index in [1.165, 1.54) is 25.5 Å². The van der Waals surface area contributed by atoms with Crippen molar-refractivity contribution in [1.82, 2.24) is 9.55 Å². The van der Waals surface area contributed by atoms with Crippen LogP contribution < -0.4 is 0 Å². The van der Waals surface area contributed by atoms with Gasteiger partial charge in [-0.15, -0.1) is 0 Å². The number of aromatic nitrogens is 2. The monoisotopic (exact) mass is 396 g/mol. The minimum atomic E-state index is -4.38. The maximum atomic E-state index is 13.1. The molecule has 0 atom stereocenters. The van der Waals surface area contributed by atoms with E-state index in [2.05, 4.69) is 28.6 Å². The molecule has 0 saturated carbocycles. The van der Waals surface area contributed by atoms with Gasteiger partial charge in [-0.2, -0.15) is 13.2 Å². The van der Waals surface area contributed by atoms with Gasteiger partial charge in [0, 0.05) is 40.1 Å². The van der Waals surface area contributed by atoms with Crippen molar-refractivity contribution < 1.29 is 13.2 Å². The molecule has 29 heavy (non-hydrogen) atoms. The van der Waals surface area contributed by atoms with E-state index in [-0.39, 0.29) is 0 Å². The van der Waals surface area contributed by atoms with Crippen molar-refractivity contribution in [3.8, 4) is 11.3 Å². The van der Waals surface area contributed by atoms with Crippen LogP contribution >= 0.6 is 0 Å². The molecule has 0 bridgehead atoms. The largest absolute Gasteiger partial charge is 0.416 e. The van der Waals surface area contributed by atoms with Crippen molar-refractivity contribution in [2.45, 2.75) is 45.3 Å². The molecule has 0 radical (unpaired) electrons. The average molecular weight is 396 g/mol. The molecule has 0 aliphatic rings. The zero-order chi connectivity index (χ0) is 20.4. The number of aryl methyl sites for hydroxylation is 1. The van der Waals surface area contributed by atoms with Gasteiger partial charge in [-0.1, -0.05) is 50.5 Å². The second-order valence-electron chi connectivity index (χ2n) is 7.39. The van der Waals surface area contributed by atoms with Crippen LogP contribution in [0.25, 0.3) is 33.1 Å². The number of rotatable bonds is 6. The van der Waals surface area contributed by atoms with E-state index in [9.17, 15) is 13.2 Å². The summed E-state index contributed by atoms with van der Waals surface area (Å²) >= 11 is 0. The molecule has 0 fully saturated rings. The van der Waals surface area contributed by atoms with Crippen molar-refractivity contribution in [3.05, 3.63) is 66.4 Å². The highest BCUT2D eigenvalue weighted by atomic mass is 19.4. The molecule has 150 valence electrons. The zero-order valence-electron chi connectivity index (χ0n) is 16.3. The van der Waals surface area contributed by atoms with Crippen LogP contribution in [-0.2, 0) is 12.7 Å². The molecule has 2 heterocycles. The van der Waals surface area contributed by atoms with Gasteiger partial charge in [-0.3, -0.25) is 4.98 Å². The molecular formula is C24H23F3N2. The van der Waals surface area contributed by atoms with E-state index >= 15 is 0 Å². The van der Waals surface area contributed by atoms with E-state index in [1.54, 1.807) is 0 Å². The Hall–Kier alpha value is -2.82. The Morgan fingerprint density at radius 1 is 0.862 bits per heavy atom. The van der Waals surface area contributed by atoms with Gasteiger partial charge < -0.3 is 4.57 Å². The third-order valence-electron chi connectivity index (χ3n) is 5.39. The number of nitrogens with zero attached hydrogens (tertiary/aromatic N) is 2. The Morgan fingerprint density at radius 2 is 1.66 bits per heavy atom. The molecule has 0 amide bonds. The molecule has 0 spiro atoms. The fourth-order valence-corrected chi connectivity index (χ4v) is 3.92. The van der Waals surface area contributed by atoms with Crippen LogP contribution in [0.1, 0.15) is 38.2 Å². The molecule has 0 saturated heterocycles. The second-order valence-corrected chi connectivity index (χ2v) is 7.39. The normalized spacial score (nSPS) is 12.1. The molecule has 5 heteroatoms. The van der Waals surface area contributed by atoms with Crippen LogP contribution in [0.2, 0.25) is 0 Å². The van der Waals surface area contributed by atoms with Crippen molar-refractivity contribution in [2.24, 2.45) is 0 Å². The van der Waals surface area contributed by atoms with Crippen LogP contribution in [0, 0.1) is 0 Å². The van der Waals surface area contributed by atoms with Crippen LogP contribution in [0.3, 0.4) is 0 Å². The maximum absolute atomic E-state index is 13.1. The lowest BCUT2D eigenvalue weighted by Gasteiger charge is -2.09. The highest BCUT2D eigenvalue weighted by molar-refractivity contribution is 6.09. The zero-order valence-corrected chi connectivity index (χ0v) is 16.3. The fraction of sp³-hybridized carbons (Fsp3) is 0.292. The number of halogens is 3. The molecule has 2 aromatic heterocycles. The number of fused-ring (bicyclic) bond motifs is 3. The Bertz CT molecular complexity index is 1140. The molecular weight excluding hydrogens is 373 g/mol. The quantitative estimate of drug-likeness (QED) is 0.309. The molecule has 4 rings (SSSR count). The molecule has 0 aliphatic carbocycles. The standard InChI is InChI=1S/C24H23F3N2/c1-2-3-4-7-14-29-22-9-6-5-8-19(22)20-15-17(10-11-23(20)29)21-16-18(12-13-28-21)24(25,26)27/h5-6,8-13,15-16H,2-4,7,14H2,1H3. The lowest BCUT2D eigenvalue weighted by Crippen LogP contribution is -2.05. The van der Waals surface area contributed by atoms with Gasteiger partial charge in [0.2, 0.25) is 0 Å². The van der Waals surface area contributed by atoms with Crippen molar-refractivity contribution in [2.75, 3.05) is 0 Å². The first kappa shape index (κ1) is 19.5. The van der Waals surface area contributed by atoms with Gasteiger partial charge in [0.15, 0.2) is 0 Å². The Kier molecular flexibility index (Phi) is 5.31. The Labute approximate surface area is 168 Å². The summed E-state index contributed by atoms with van der Waals surface area (Å²) < 4.78 is 41.6. The molecule has 0 N–H and O–H groups in total. The summed E-state index contributed by atoms with van der Waals surface area (Å²) in [6.45, 7) is 3.13. The van der Waals surface area contributed by atoms with Gasteiger partial charge in [-0.05, 0) is 36.8 Å². The topological polar surface area (TPSA) is 17.8 Å². The molecule has 0 aliphatic heterocycles.